The second-order valence-electron chi connectivity index (χ2n) is 4.23. The molecule has 0 bridgehead atoms. The van der Waals surface area contributed by atoms with Gasteiger partial charge < -0.3 is 10.1 Å². The summed E-state index contributed by atoms with van der Waals surface area (Å²) in [5.41, 5.74) is 3.10. The van der Waals surface area contributed by atoms with Gasteiger partial charge in [-0.3, -0.25) is 10.5 Å². The van der Waals surface area contributed by atoms with Crippen LogP contribution in [-0.4, -0.2) is 39.4 Å². The standard InChI is InChI=1S/C10H15N7O/c11-16-10-14-8(7-4-12-17-9(7)15-10)13-6-2-1-3-18-5-6/h4,6H,1-3,5,11H2,(H3,12,13,14,15,16,17). The van der Waals surface area contributed by atoms with Crippen molar-refractivity contribution < 1.29 is 4.74 Å². The number of anilines is 2. The van der Waals surface area contributed by atoms with Gasteiger partial charge in [-0.05, 0) is 12.8 Å². The summed E-state index contributed by atoms with van der Waals surface area (Å²) in [6, 6.07) is 0.261. The Balaban J connectivity index is 1.91. The third kappa shape index (κ3) is 2.07. The summed E-state index contributed by atoms with van der Waals surface area (Å²) in [6.45, 7) is 1.52. The topological polar surface area (TPSA) is 114 Å². The molecule has 8 nitrogen and oxygen atoms in total. The van der Waals surface area contributed by atoms with Crippen LogP contribution in [0.5, 0.6) is 0 Å². The number of nitrogens with zero attached hydrogens (tertiary/aromatic N) is 3. The fraction of sp³-hybridized carbons (Fsp3) is 0.500. The van der Waals surface area contributed by atoms with E-state index in [0.29, 0.717) is 18.2 Å². The summed E-state index contributed by atoms with van der Waals surface area (Å²) in [4.78, 5) is 8.48. The molecule has 5 N–H and O–H groups in total. The first-order valence-electron chi connectivity index (χ1n) is 5.89. The quantitative estimate of drug-likeness (QED) is 0.454. The Hall–Kier alpha value is -1.93. The van der Waals surface area contributed by atoms with Gasteiger partial charge in [0.15, 0.2) is 5.65 Å². The van der Waals surface area contributed by atoms with Gasteiger partial charge in [0.1, 0.15) is 5.82 Å². The van der Waals surface area contributed by atoms with Crippen molar-refractivity contribution in [1.29, 1.82) is 0 Å². The van der Waals surface area contributed by atoms with Crippen molar-refractivity contribution in [3.8, 4) is 0 Å². The minimum Gasteiger partial charge on any atom is -0.379 e. The number of nitrogens with two attached hydrogens (primary N) is 1. The molecular weight excluding hydrogens is 234 g/mol. The second kappa shape index (κ2) is 4.75. The van der Waals surface area contributed by atoms with Crippen LogP contribution in [0.15, 0.2) is 6.20 Å². The van der Waals surface area contributed by atoms with Crippen LogP contribution in [0.4, 0.5) is 11.8 Å². The van der Waals surface area contributed by atoms with Crippen LogP contribution in [0.25, 0.3) is 11.0 Å². The average molecular weight is 249 g/mol. The predicted octanol–water partition coefficient (Wildman–Crippen LogP) is 0.229. The summed E-state index contributed by atoms with van der Waals surface area (Å²) in [5.74, 6) is 6.42. The zero-order valence-corrected chi connectivity index (χ0v) is 9.81. The van der Waals surface area contributed by atoms with E-state index in [4.69, 9.17) is 10.6 Å². The summed E-state index contributed by atoms with van der Waals surface area (Å²) in [6.07, 6.45) is 3.82. The number of nitrogen functional groups attached to an aromatic ring is 1. The molecule has 96 valence electrons. The number of rotatable bonds is 3. The van der Waals surface area contributed by atoms with Crippen LogP contribution in [0.3, 0.4) is 0 Å². The number of hydrazine groups is 1. The number of H-pyrrole nitrogens is 1. The van der Waals surface area contributed by atoms with Crippen LogP contribution in [0.2, 0.25) is 0 Å². The molecule has 3 heterocycles. The Bertz CT molecular complexity index is 534. The number of fused-ring (bicyclic) bond motifs is 1. The van der Waals surface area contributed by atoms with Gasteiger partial charge in [-0.1, -0.05) is 0 Å². The maximum absolute atomic E-state index is 5.43. The molecule has 0 amide bonds. The predicted molar refractivity (Wildman–Crippen MR) is 67.0 cm³/mol. The average Bonchev–Trinajstić information content (AvgIpc) is 2.88. The zero-order chi connectivity index (χ0) is 12.4. The third-order valence-corrected chi connectivity index (χ3v) is 2.94. The molecule has 2 aromatic heterocycles. The van der Waals surface area contributed by atoms with E-state index in [1.165, 1.54) is 0 Å². The largest absolute Gasteiger partial charge is 0.379 e. The molecule has 0 aliphatic carbocycles. The molecule has 1 aliphatic rings. The summed E-state index contributed by atoms with van der Waals surface area (Å²) in [7, 11) is 0. The van der Waals surface area contributed by atoms with Gasteiger partial charge in [-0.25, -0.2) is 5.84 Å². The van der Waals surface area contributed by atoms with Crippen LogP contribution in [0, 0.1) is 0 Å². The highest BCUT2D eigenvalue weighted by molar-refractivity contribution is 5.87. The summed E-state index contributed by atoms with van der Waals surface area (Å²) >= 11 is 0. The van der Waals surface area contributed by atoms with Crippen LogP contribution < -0.4 is 16.6 Å². The molecule has 1 fully saturated rings. The van der Waals surface area contributed by atoms with Crippen molar-refractivity contribution in [2.75, 3.05) is 24.0 Å². The molecule has 3 rings (SSSR count). The van der Waals surface area contributed by atoms with E-state index in [1.807, 2.05) is 0 Å². The Labute approximate surface area is 103 Å². The molecule has 0 radical (unpaired) electrons. The lowest BCUT2D eigenvalue weighted by atomic mass is 10.1. The van der Waals surface area contributed by atoms with Gasteiger partial charge in [-0.15, -0.1) is 0 Å². The fourth-order valence-corrected chi connectivity index (χ4v) is 2.06. The molecular formula is C10H15N7O. The fourth-order valence-electron chi connectivity index (χ4n) is 2.06. The first-order chi connectivity index (χ1) is 8.86. The first-order valence-corrected chi connectivity index (χ1v) is 5.89. The second-order valence-corrected chi connectivity index (χ2v) is 4.23. The van der Waals surface area contributed by atoms with Crippen LogP contribution >= 0.6 is 0 Å². The Kier molecular flexibility index (Phi) is 2.95. The van der Waals surface area contributed by atoms with Crippen molar-refractivity contribution in [2.45, 2.75) is 18.9 Å². The lowest BCUT2D eigenvalue weighted by Gasteiger charge is -2.23. The van der Waals surface area contributed by atoms with Gasteiger partial charge in [0.05, 0.1) is 24.2 Å². The maximum atomic E-state index is 5.43. The molecule has 8 heteroatoms. The number of nitrogens with one attached hydrogen (secondary N) is 3. The van der Waals surface area contributed by atoms with Crippen molar-refractivity contribution in [3.05, 3.63) is 6.20 Å². The van der Waals surface area contributed by atoms with Gasteiger partial charge in [0.2, 0.25) is 5.95 Å². The number of ether oxygens (including phenoxy) is 1. The minimum atomic E-state index is 0.261. The van der Waals surface area contributed by atoms with E-state index in [2.05, 4.69) is 30.9 Å². The van der Waals surface area contributed by atoms with Gasteiger partial charge >= 0.3 is 0 Å². The number of hydrogen-bond acceptors (Lipinski definition) is 7. The molecule has 1 atom stereocenters. The zero-order valence-electron chi connectivity index (χ0n) is 9.81. The third-order valence-electron chi connectivity index (χ3n) is 2.94. The SMILES string of the molecule is NNc1nc(NC2CCCOC2)c2cn[nH]c2n1. The van der Waals surface area contributed by atoms with Crippen molar-refractivity contribution in [2.24, 2.45) is 5.84 Å². The lowest BCUT2D eigenvalue weighted by molar-refractivity contribution is 0.0875. The number of hydrogen-bond donors (Lipinski definition) is 4. The van der Waals surface area contributed by atoms with Crippen molar-refractivity contribution >= 4 is 22.8 Å². The molecule has 1 unspecified atom stereocenters. The highest BCUT2D eigenvalue weighted by Gasteiger charge is 2.17. The van der Waals surface area contributed by atoms with E-state index in [1.54, 1.807) is 6.20 Å². The van der Waals surface area contributed by atoms with Gasteiger partial charge in [-0.2, -0.15) is 15.1 Å². The molecule has 0 spiro atoms. The molecule has 1 aliphatic heterocycles. The lowest BCUT2D eigenvalue weighted by Crippen LogP contribution is -2.30. The Morgan fingerprint density at radius 3 is 3.17 bits per heavy atom. The minimum absolute atomic E-state index is 0.261. The van der Waals surface area contributed by atoms with Gasteiger partial charge in [0, 0.05) is 6.61 Å². The Morgan fingerprint density at radius 1 is 1.44 bits per heavy atom. The number of aromatic amines is 1. The molecule has 0 aromatic carbocycles. The van der Waals surface area contributed by atoms with Crippen LogP contribution in [0.1, 0.15) is 12.8 Å². The monoisotopic (exact) mass is 249 g/mol. The van der Waals surface area contributed by atoms with E-state index in [9.17, 15) is 0 Å². The molecule has 2 aromatic rings. The Morgan fingerprint density at radius 2 is 2.39 bits per heavy atom. The highest BCUT2D eigenvalue weighted by atomic mass is 16.5. The van der Waals surface area contributed by atoms with Crippen LogP contribution in [-0.2, 0) is 4.74 Å². The number of aromatic nitrogens is 4. The normalized spacial score (nSPS) is 19.9. The summed E-state index contributed by atoms with van der Waals surface area (Å²) < 4.78 is 5.43. The highest BCUT2D eigenvalue weighted by Crippen LogP contribution is 2.21. The van der Waals surface area contributed by atoms with E-state index in [-0.39, 0.29) is 6.04 Å². The van der Waals surface area contributed by atoms with E-state index < -0.39 is 0 Å². The maximum Gasteiger partial charge on any atom is 0.241 e. The van der Waals surface area contributed by atoms with Crippen molar-refractivity contribution in [3.63, 3.8) is 0 Å². The van der Waals surface area contributed by atoms with Crippen molar-refractivity contribution in [1.82, 2.24) is 20.2 Å². The molecule has 1 saturated heterocycles. The van der Waals surface area contributed by atoms with E-state index >= 15 is 0 Å². The molecule has 0 saturated carbocycles. The first kappa shape index (κ1) is 11.2. The van der Waals surface area contributed by atoms with Gasteiger partial charge in [0.25, 0.3) is 0 Å². The van der Waals surface area contributed by atoms with E-state index in [0.717, 1.165) is 30.7 Å². The molecule has 18 heavy (non-hydrogen) atoms. The summed E-state index contributed by atoms with van der Waals surface area (Å²) in [5, 5.41) is 11.0. The smallest absolute Gasteiger partial charge is 0.241 e.